The normalized spacial score (nSPS) is 15.6. The molecule has 0 saturated heterocycles. The molecule has 1 aliphatic rings. The number of aliphatic carboxylic acids is 1. The number of carboxylic acid groups (broad SMARTS) is 1. The number of β-amino-alcohol motifs (C(OH)–C–C–N with tert-alkyl or cyclic N) is 1. The molecule has 1 heterocycles. The van der Waals surface area contributed by atoms with Crippen molar-refractivity contribution in [1.29, 1.82) is 0 Å². The Bertz CT molecular complexity index is 566. The van der Waals surface area contributed by atoms with E-state index in [4.69, 9.17) is 5.11 Å². The van der Waals surface area contributed by atoms with E-state index in [0.29, 0.717) is 11.3 Å². The van der Waals surface area contributed by atoms with Crippen molar-refractivity contribution in [3.63, 3.8) is 0 Å². The summed E-state index contributed by atoms with van der Waals surface area (Å²) in [6.07, 6.45) is -1.68. The fourth-order valence-corrected chi connectivity index (χ4v) is 2.07. The van der Waals surface area contributed by atoms with Gasteiger partial charge < -0.3 is 15.1 Å². The molecule has 0 bridgehead atoms. The predicted molar refractivity (Wildman–Crippen MR) is 66.1 cm³/mol. The van der Waals surface area contributed by atoms with Crippen molar-refractivity contribution in [2.45, 2.75) is 19.4 Å². The molecule has 0 aromatic heterocycles. The fourth-order valence-electron chi connectivity index (χ4n) is 2.07. The number of amides is 1. The zero-order chi connectivity index (χ0) is 14.2. The SMILES string of the molecule is Cc1ccc2c(c1)C(=O)C(=O)N2CC(O)CC(=O)O. The van der Waals surface area contributed by atoms with E-state index in [0.717, 1.165) is 10.5 Å². The van der Waals surface area contributed by atoms with Crippen molar-refractivity contribution in [2.75, 3.05) is 11.4 Å². The molecule has 0 aliphatic carbocycles. The van der Waals surface area contributed by atoms with Gasteiger partial charge >= 0.3 is 5.97 Å². The number of Topliss-reactive ketones (excluding diaryl/α,β-unsaturated/α-hetero) is 1. The Balaban J connectivity index is 2.26. The Morgan fingerprint density at radius 3 is 2.68 bits per heavy atom. The summed E-state index contributed by atoms with van der Waals surface area (Å²) in [7, 11) is 0. The summed E-state index contributed by atoms with van der Waals surface area (Å²) in [5.41, 5.74) is 1.57. The molecule has 1 unspecified atom stereocenters. The third-order valence-corrected chi connectivity index (χ3v) is 2.93. The largest absolute Gasteiger partial charge is 0.481 e. The van der Waals surface area contributed by atoms with Gasteiger partial charge in [0.25, 0.3) is 11.7 Å². The number of aliphatic hydroxyl groups excluding tert-OH is 1. The molecule has 0 fully saturated rings. The van der Waals surface area contributed by atoms with Gasteiger partial charge in [0.05, 0.1) is 30.3 Å². The summed E-state index contributed by atoms with van der Waals surface area (Å²) in [6, 6.07) is 4.99. The van der Waals surface area contributed by atoms with Crippen LogP contribution in [-0.2, 0) is 9.59 Å². The van der Waals surface area contributed by atoms with Crippen molar-refractivity contribution in [3.05, 3.63) is 29.3 Å². The van der Waals surface area contributed by atoms with Crippen LogP contribution in [0.25, 0.3) is 0 Å². The van der Waals surface area contributed by atoms with E-state index in [1.54, 1.807) is 25.1 Å². The van der Waals surface area contributed by atoms with E-state index in [2.05, 4.69) is 0 Å². The number of hydrogen-bond donors (Lipinski definition) is 2. The highest BCUT2D eigenvalue weighted by Gasteiger charge is 2.36. The zero-order valence-electron chi connectivity index (χ0n) is 10.3. The topological polar surface area (TPSA) is 94.9 Å². The van der Waals surface area contributed by atoms with E-state index in [-0.39, 0.29) is 6.54 Å². The minimum Gasteiger partial charge on any atom is -0.481 e. The van der Waals surface area contributed by atoms with Crippen LogP contribution in [0, 0.1) is 6.92 Å². The number of fused-ring (bicyclic) bond motifs is 1. The number of aliphatic hydroxyl groups is 1. The van der Waals surface area contributed by atoms with Gasteiger partial charge in [0, 0.05) is 0 Å². The number of benzene rings is 1. The van der Waals surface area contributed by atoms with Gasteiger partial charge in [-0.25, -0.2) is 0 Å². The molecular weight excluding hydrogens is 250 g/mol. The second-order valence-corrected chi connectivity index (χ2v) is 4.52. The average Bonchev–Trinajstić information content (AvgIpc) is 2.53. The first kappa shape index (κ1) is 13.2. The van der Waals surface area contributed by atoms with Crippen LogP contribution in [0.5, 0.6) is 0 Å². The van der Waals surface area contributed by atoms with E-state index < -0.39 is 30.2 Å². The van der Waals surface area contributed by atoms with Crippen molar-refractivity contribution in [2.24, 2.45) is 0 Å². The van der Waals surface area contributed by atoms with Crippen LogP contribution in [0.2, 0.25) is 0 Å². The number of nitrogens with zero attached hydrogens (tertiary/aromatic N) is 1. The van der Waals surface area contributed by atoms with Gasteiger partial charge in [-0.15, -0.1) is 0 Å². The number of carbonyl (C=O) groups excluding carboxylic acids is 2. The monoisotopic (exact) mass is 263 g/mol. The molecule has 6 heteroatoms. The van der Waals surface area contributed by atoms with Crippen molar-refractivity contribution < 1.29 is 24.6 Å². The molecule has 1 atom stereocenters. The van der Waals surface area contributed by atoms with Gasteiger partial charge in [-0.05, 0) is 19.1 Å². The lowest BCUT2D eigenvalue weighted by Gasteiger charge is -2.19. The lowest BCUT2D eigenvalue weighted by molar-refractivity contribution is -0.139. The summed E-state index contributed by atoms with van der Waals surface area (Å²) in [5, 5.41) is 18.2. The number of hydrogen-bond acceptors (Lipinski definition) is 4. The Labute approximate surface area is 109 Å². The van der Waals surface area contributed by atoms with Gasteiger partial charge in [0.1, 0.15) is 0 Å². The molecule has 1 aromatic carbocycles. The fraction of sp³-hybridized carbons (Fsp3) is 0.308. The molecule has 1 aromatic rings. The van der Waals surface area contributed by atoms with Crippen LogP contribution in [0.1, 0.15) is 22.3 Å². The first-order valence-electron chi connectivity index (χ1n) is 5.77. The van der Waals surface area contributed by atoms with Gasteiger partial charge in [0.2, 0.25) is 0 Å². The van der Waals surface area contributed by atoms with Gasteiger partial charge in [-0.1, -0.05) is 11.6 Å². The minimum atomic E-state index is -1.21. The second-order valence-electron chi connectivity index (χ2n) is 4.52. The molecule has 19 heavy (non-hydrogen) atoms. The van der Waals surface area contributed by atoms with Gasteiger partial charge in [0.15, 0.2) is 0 Å². The second kappa shape index (κ2) is 4.81. The maximum atomic E-state index is 11.8. The van der Waals surface area contributed by atoms with E-state index >= 15 is 0 Å². The summed E-state index contributed by atoms with van der Waals surface area (Å²) < 4.78 is 0. The predicted octanol–water partition coefficient (Wildman–Crippen LogP) is 0.360. The first-order valence-corrected chi connectivity index (χ1v) is 5.77. The smallest absolute Gasteiger partial charge is 0.306 e. The highest BCUT2D eigenvalue weighted by atomic mass is 16.4. The van der Waals surface area contributed by atoms with Crippen LogP contribution in [0.15, 0.2) is 18.2 Å². The number of ketones is 1. The van der Waals surface area contributed by atoms with Crippen LogP contribution in [0.4, 0.5) is 5.69 Å². The molecule has 2 rings (SSSR count). The standard InChI is InChI=1S/C13H13NO5/c1-7-2-3-10-9(4-7)12(18)13(19)14(10)6-8(15)5-11(16)17/h2-4,8,15H,5-6H2,1H3,(H,16,17). The number of rotatable bonds is 4. The highest BCUT2D eigenvalue weighted by Crippen LogP contribution is 2.29. The number of carbonyl (C=O) groups is 3. The van der Waals surface area contributed by atoms with E-state index in [9.17, 15) is 19.5 Å². The van der Waals surface area contributed by atoms with Crippen molar-refractivity contribution >= 4 is 23.3 Å². The summed E-state index contributed by atoms with van der Waals surface area (Å²) in [4.78, 5) is 35.2. The maximum absolute atomic E-state index is 11.8. The molecule has 6 nitrogen and oxygen atoms in total. The Morgan fingerprint density at radius 1 is 1.37 bits per heavy atom. The van der Waals surface area contributed by atoms with Crippen LogP contribution < -0.4 is 4.90 Å². The molecule has 100 valence electrons. The molecule has 1 aliphatic heterocycles. The minimum absolute atomic E-state index is 0.201. The molecule has 0 saturated carbocycles. The highest BCUT2D eigenvalue weighted by molar-refractivity contribution is 6.52. The maximum Gasteiger partial charge on any atom is 0.306 e. The number of anilines is 1. The molecule has 2 N–H and O–H groups in total. The molecule has 0 spiro atoms. The summed E-state index contributed by atoms with van der Waals surface area (Å²) in [5.74, 6) is -2.51. The average molecular weight is 263 g/mol. The van der Waals surface area contributed by atoms with E-state index in [1.165, 1.54) is 0 Å². The Hall–Kier alpha value is -2.21. The van der Waals surface area contributed by atoms with Crippen LogP contribution in [0.3, 0.4) is 0 Å². The number of carboxylic acids is 1. The lowest BCUT2D eigenvalue weighted by atomic mass is 10.1. The van der Waals surface area contributed by atoms with Crippen LogP contribution in [-0.4, -0.2) is 40.5 Å². The van der Waals surface area contributed by atoms with Crippen LogP contribution >= 0.6 is 0 Å². The third kappa shape index (κ3) is 2.48. The van der Waals surface area contributed by atoms with Gasteiger partial charge in [-0.3, -0.25) is 14.4 Å². The third-order valence-electron chi connectivity index (χ3n) is 2.93. The lowest BCUT2D eigenvalue weighted by Crippen LogP contribution is -2.37. The zero-order valence-corrected chi connectivity index (χ0v) is 10.3. The quantitative estimate of drug-likeness (QED) is 0.765. The summed E-state index contributed by atoms with van der Waals surface area (Å²) >= 11 is 0. The first-order chi connectivity index (χ1) is 8.90. The summed E-state index contributed by atoms with van der Waals surface area (Å²) in [6.45, 7) is 1.60. The molecule has 0 radical (unpaired) electrons. The van der Waals surface area contributed by atoms with Crippen molar-refractivity contribution in [3.8, 4) is 0 Å². The van der Waals surface area contributed by atoms with Crippen molar-refractivity contribution in [1.82, 2.24) is 0 Å². The molecule has 1 amide bonds. The van der Waals surface area contributed by atoms with E-state index in [1.807, 2.05) is 0 Å². The number of aryl methyl sites for hydroxylation is 1. The Morgan fingerprint density at radius 2 is 2.05 bits per heavy atom. The van der Waals surface area contributed by atoms with Gasteiger partial charge in [-0.2, -0.15) is 0 Å². The molecular formula is C13H13NO5. The Kier molecular flexibility index (Phi) is 3.35.